The van der Waals surface area contributed by atoms with Crippen LogP contribution in [0.25, 0.3) is 0 Å². The van der Waals surface area contributed by atoms with Crippen LogP contribution in [0.5, 0.6) is 5.75 Å². The molecule has 2 fully saturated rings. The second-order valence-electron chi connectivity index (χ2n) is 6.60. The number of ether oxygens (including phenoxy) is 3. The van der Waals surface area contributed by atoms with Crippen molar-refractivity contribution >= 4 is 0 Å². The number of rotatable bonds is 6. The van der Waals surface area contributed by atoms with Gasteiger partial charge < -0.3 is 14.2 Å². The lowest BCUT2D eigenvalue weighted by Gasteiger charge is -2.39. The summed E-state index contributed by atoms with van der Waals surface area (Å²) in [5.41, 5.74) is 1.30. The molecule has 2 aliphatic heterocycles. The Balaban J connectivity index is 1.56. The Morgan fingerprint density at radius 1 is 1.39 bits per heavy atom. The first-order valence-corrected chi connectivity index (χ1v) is 8.45. The van der Waals surface area contributed by atoms with E-state index < -0.39 is 0 Å². The van der Waals surface area contributed by atoms with Gasteiger partial charge in [0.2, 0.25) is 0 Å². The minimum absolute atomic E-state index is 0.0173. The fraction of sp³-hybridized carbons (Fsp3) is 0.579. The number of hydrogen-bond donors (Lipinski definition) is 0. The van der Waals surface area contributed by atoms with E-state index in [-0.39, 0.29) is 11.7 Å². The van der Waals surface area contributed by atoms with Crippen molar-refractivity contribution in [1.29, 1.82) is 0 Å². The van der Waals surface area contributed by atoms with Crippen molar-refractivity contribution in [2.45, 2.75) is 37.5 Å². The average Bonchev–Trinajstić information content (AvgIpc) is 2.96. The summed E-state index contributed by atoms with van der Waals surface area (Å²) in [6.07, 6.45) is 5.35. The van der Waals surface area contributed by atoms with Crippen LogP contribution in [0, 0.1) is 0 Å². The van der Waals surface area contributed by atoms with Gasteiger partial charge in [-0.1, -0.05) is 18.2 Å². The second-order valence-corrected chi connectivity index (χ2v) is 6.60. The average molecular weight is 317 g/mol. The molecule has 2 atom stereocenters. The van der Waals surface area contributed by atoms with Crippen molar-refractivity contribution in [3.63, 3.8) is 0 Å². The SMILES string of the molecule is C=CCO[C@@H]1CO[C@@]2(CCCN(Cc3ccc(OC)cc3)C2)C1. The molecule has 4 heteroatoms. The Kier molecular flexibility index (Phi) is 5.36. The van der Waals surface area contributed by atoms with Gasteiger partial charge in [-0.2, -0.15) is 0 Å². The van der Waals surface area contributed by atoms with E-state index in [2.05, 4.69) is 23.6 Å². The van der Waals surface area contributed by atoms with Gasteiger partial charge in [0.25, 0.3) is 0 Å². The molecule has 0 unspecified atom stereocenters. The predicted molar refractivity (Wildman–Crippen MR) is 90.7 cm³/mol. The summed E-state index contributed by atoms with van der Waals surface area (Å²) in [5, 5.41) is 0. The molecule has 3 rings (SSSR count). The zero-order chi connectivity index (χ0) is 16.1. The molecule has 0 N–H and O–H groups in total. The molecule has 4 nitrogen and oxygen atoms in total. The molecule has 0 bridgehead atoms. The van der Waals surface area contributed by atoms with Crippen LogP contribution in [0.15, 0.2) is 36.9 Å². The molecule has 0 amide bonds. The van der Waals surface area contributed by atoms with E-state index in [9.17, 15) is 0 Å². The van der Waals surface area contributed by atoms with Crippen LogP contribution in [0.4, 0.5) is 0 Å². The fourth-order valence-corrected chi connectivity index (χ4v) is 3.71. The fourth-order valence-electron chi connectivity index (χ4n) is 3.71. The van der Waals surface area contributed by atoms with E-state index in [1.54, 1.807) is 7.11 Å². The van der Waals surface area contributed by atoms with E-state index in [1.807, 2.05) is 18.2 Å². The van der Waals surface area contributed by atoms with Crippen LogP contribution in [-0.4, -0.2) is 50.0 Å². The maximum Gasteiger partial charge on any atom is 0.118 e. The summed E-state index contributed by atoms with van der Waals surface area (Å²) >= 11 is 0. The first-order chi connectivity index (χ1) is 11.2. The van der Waals surface area contributed by atoms with E-state index in [4.69, 9.17) is 14.2 Å². The Hall–Kier alpha value is -1.36. The molecule has 0 aromatic heterocycles. The molecule has 126 valence electrons. The van der Waals surface area contributed by atoms with Crippen molar-refractivity contribution in [3.8, 4) is 5.75 Å². The smallest absolute Gasteiger partial charge is 0.118 e. The zero-order valence-electron chi connectivity index (χ0n) is 14.0. The highest BCUT2D eigenvalue weighted by Crippen LogP contribution is 2.36. The van der Waals surface area contributed by atoms with Crippen molar-refractivity contribution in [1.82, 2.24) is 4.90 Å². The van der Waals surface area contributed by atoms with Crippen LogP contribution in [0.3, 0.4) is 0 Å². The number of piperidine rings is 1. The third kappa shape index (κ3) is 4.14. The van der Waals surface area contributed by atoms with Gasteiger partial charge in [-0.15, -0.1) is 6.58 Å². The molecule has 2 saturated heterocycles. The topological polar surface area (TPSA) is 30.9 Å². The van der Waals surface area contributed by atoms with Crippen LogP contribution in [0.1, 0.15) is 24.8 Å². The van der Waals surface area contributed by atoms with Crippen LogP contribution < -0.4 is 4.74 Å². The summed E-state index contributed by atoms with van der Waals surface area (Å²) in [7, 11) is 1.70. The summed E-state index contributed by atoms with van der Waals surface area (Å²) in [5.74, 6) is 0.908. The highest BCUT2D eigenvalue weighted by Gasteiger charge is 2.43. The highest BCUT2D eigenvalue weighted by atomic mass is 16.6. The lowest BCUT2D eigenvalue weighted by molar-refractivity contribution is -0.0544. The van der Waals surface area contributed by atoms with Crippen LogP contribution in [0.2, 0.25) is 0 Å². The lowest BCUT2D eigenvalue weighted by atomic mass is 9.89. The third-order valence-corrected chi connectivity index (χ3v) is 4.81. The molecule has 0 radical (unpaired) electrons. The lowest BCUT2D eigenvalue weighted by Crippen LogP contribution is -2.47. The van der Waals surface area contributed by atoms with Gasteiger partial charge in [0.15, 0.2) is 0 Å². The van der Waals surface area contributed by atoms with Crippen molar-refractivity contribution in [3.05, 3.63) is 42.5 Å². The van der Waals surface area contributed by atoms with Crippen LogP contribution >= 0.6 is 0 Å². The monoisotopic (exact) mass is 317 g/mol. The summed E-state index contributed by atoms with van der Waals surface area (Å²) in [4.78, 5) is 2.50. The molecule has 1 spiro atoms. The van der Waals surface area contributed by atoms with E-state index in [0.717, 1.165) is 38.2 Å². The Morgan fingerprint density at radius 3 is 2.96 bits per heavy atom. The van der Waals surface area contributed by atoms with Gasteiger partial charge in [-0.25, -0.2) is 0 Å². The Morgan fingerprint density at radius 2 is 2.22 bits per heavy atom. The number of nitrogens with zero attached hydrogens (tertiary/aromatic N) is 1. The van der Waals surface area contributed by atoms with Crippen molar-refractivity contribution < 1.29 is 14.2 Å². The maximum absolute atomic E-state index is 6.17. The van der Waals surface area contributed by atoms with Gasteiger partial charge >= 0.3 is 0 Å². The first-order valence-electron chi connectivity index (χ1n) is 8.45. The molecular formula is C19H27NO3. The van der Waals surface area contributed by atoms with Crippen molar-refractivity contribution in [2.24, 2.45) is 0 Å². The van der Waals surface area contributed by atoms with E-state index >= 15 is 0 Å². The van der Waals surface area contributed by atoms with Gasteiger partial charge in [0.1, 0.15) is 5.75 Å². The normalized spacial score (nSPS) is 28.1. The van der Waals surface area contributed by atoms with Crippen molar-refractivity contribution in [2.75, 3.05) is 33.4 Å². The number of methoxy groups -OCH3 is 1. The minimum atomic E-state index is -0.0173. The minimum Gasteiger partial charge on any atom is -0.497 e. The van der Waals surface area contributed by atoms with E-state index in [0.29, 0.717) is 13.2 Å². The molecule has 1 aromatic rings. The third-order valence-electron chi connectivity index (χ3n) is 4.81. The zero-order valence-corrected chi connectivity index (χ0v) is 14.0. The second kappa shape index (κ2) is 7.47. The molecule has 23 heavy (non-hydrogen) atoms. The molecule has 0 saturated carbocycles. The van der Waals surface area contributed by atoms with Gasteiger partial charge in [0, 0.05) is 19.5 Å². The quantitative estimate of drug-likeness (QED) is 0.755. The Labute approximate surface area is 139 Å². The molecule has 2 heterocycles. The first kappa shape index (κ1) is 16.5. The van der Waals surface area contributed by atoms with E-state index in [1.165, 1.54) is 12.0 Å². The predicted octanol–water partition coefficient (Wildman–Crippen LogP) is 3.02. The Bertz CT molecular complexity index is 516. The number of hydrogen-bond acceptors (Lipinski definition) is 4. The van der Waals surface area contributed by atoms with Crippen LogP contribution in [-0.2, 0) is 16.0 Å². The van der Waals surface area contributed by atoms with Gasteiger partial charge in [-0.3, -0.25) is 4.90 Å². The highest BCUT2D eigenvalue weighted by molar-refractivity contribution is 5.27. The number of benzene rings is 1. The summed E-state index contributed by atoms with van der Waals surface area (Å²) < 4.78 is 17.2. The number of likely N-dealkylation sites (tertiary alicyclic amines) is 1. The molecule has 2 aliphatic rings. The largest absolute Gasteiger partial charge is 0.497 e. The maximum atomic E-state index is 6.17. The summed E-state index contributed by atoms with van der Waals surface area (Å²) in [6, 6.07) is 8.35. The molecule has 0 aliphatic carbocycles. The standard InChI is InChI=1S/C19H27NO3/c1-3-11-22-18-12-19(23-14-18)9-4-10-20(15-19)13-16-5-7-17(21-2)8-6-16/h3,5-8,18H,1,4,9-15H2,2H3/t18-,19-/m0/s1. The molecular weight excluding hydrogens is 290 g/mol. The molecule has 1 aromatic carbocycles. The van der Waals surface area contributed by atoms with Gasteiger partial charge in [-0.05, 0) is 37.1 Å². The summed E-state index contributed by atoms with van der Waals surface area (Å²) in [6.45, 7) is 8.13. The van der Waals surface area contributed by atoms with Gasteiger partial charge in [0.05, 0.1) is 32.0 Å².